The second kappa shape index (κ2) is 5.27. The first-order valence-electron chi connectivity index (χ1n) is 6.41. The molecule has 0 unspecified atom stereocenters. The van der Waals surface area contributed by atoms with Crippen molar-refractivity contribution in [3.8, 4) is 11.5 Å². The molecule has 0 aliphatic carbocycles. The topological polar surface area (TPSA) is 63.8 Å². The Balaban J connectivity index is 1.80. The first-order valence-corrected chi connectivity index (χ1v) is 6.41. The normalized spacial score (nSPS) is 20.6. The van der Waals surface area contributed by atoms with Crippen molar-refractivity contribution in [1.29, 1.82) is 0 Å². The smallest absolute Gasteiger partial charge is 0.258 e. The molecule has 3 rings (SSSR count). The first-order chi connectivity index (χ1) is 8.93. The van der Waals surface area contributed by atoms with Gasteiger partial charge in [0.25, 0.3) is 5.89 Å². The van der Waals surface area contributed by atoms with Crippen LogP contribution in [-0.2, 0) is 0 Å². The Kier molecular flexibility index (Phi) is 3.32. The number of hydrogen-bond acceptors (Lipinski definition) is 5. The minimum atomic E-state index is 0.229. The summed E-state index contributed by atoms with van der Waals surface area (Å²) in [6.07, 6.45) is 8.25. The summed E-state index contributed by atoms with van der Waals surface area (Å²) in [7, 11) is 0. The third-order valence-corrected chi connectivity index (χ3v) is 3.24. The lowest BCUT2D eigenvalue weighted by molar-refractivity contribution is 0.402. The second-order valence-corrected chi connectivity index (χ2v) is 4.55. The summed E-state index contributed by atoms with van der Waals surface area (Å²) in [6.45, 7) is 1.03. The van der Waals surface area contributed by atoms with Gasteiger partial charge < -0.3 is 9.84 Å². The Morgan fingerprint density at radius 3 is 2.94 bits per heavy atom. The Labute approximate surface area is 106 Å². The van der Waals surface area contributed by atoms with E-state index >= 15 is 0 Å². The lowest BCUT2D eigenvalue weighted by Gasteiger charge is -2.09. The van der Waals surface area contributed by atoms with Gasteiger partial charge >= 0.3 is 0 Å². The van der Waals surface area contributed by atoms with Crippen LogP contribution in [-0.4, -0.2) is 21.7 Å². The van der Waals surface area contributed by atoms with E-state index in [9.17, 15) is 0 Å². The molecule has 5 nitrogen and oxygen atoms in total. The summed E-state index contributed by atoms with van der Waals surface area (Å²) >= 11 is 0. The van der Waals surface area contributed by atoms with Crippen LogP contribution in [0.2, 0.25) is 0 Å². The van der Waals surface area contributed by atoms with Crippen molar-refractivity contribution in [3.63, 3.8) is 0 Å². The maximum absolute atomic E-state index is 5.32. The van der Waals surface area contributed by atoms with Crippen LogP contribution in [0.25, 0.3) is 11.5 Å². The van der Waals surface area contributed by atoms with Crippen LogP contribution in [0.4, 0.5) is 0 Å². The molecule has 0 amide bonds. The monoisotopic (exact) mass is 244 g/mol. The highest BCUT2D eigenvalue weighted by atomic mass is 16.5. The highest BCUT2D eigenvalue weighted by Crippen LogP contribution is 2.23. The van der Waals surface area contributed by atoms with E-state index < -0.39 is 0 Å². The second-order valence-electron chi connectivity index (χ2n) is 4.55. The van der Waals surface area contributed by atoms with E-state index in [1.54, 1.807) is 12.4 Å². The zero-order valence-electron chi connectivity index (χ0n) is 10.2. The van der Waals surface area contributed by atoms with Crippen LogP contribution in [0.1, 0.15) is 37.5 Å². The van der Waals surface area contributed by atoms with Crippen LogP contribution < -0.4 is 5.32 Å². The van der Waals surface area contributed by atoms with Gasteiger partial charge in [0, 0.05) is 18.0 Å². The third kappa shape index (κ3) is 2.41. The van der Waals surface area contributed by atoms with Gasteiger partial charge in [0.05, 0.1) is 6.04 Å². The van der Waals surface area contributed by atoms with Gasteiger partial charge in [-0.3, -0.25) is 4.98 Å². The number of hydrogen-bond donors (Lipinski definition) is 1. The summed E-state index contributed by atoms with van der Waals surface area (Å²) < 4.78 is 5.32. The highest BCUT2D eigenvalue weighted by Gasteiger charge is 2.19. The van der Waals surface area contributed by atoms with Gasteiger partial charge in [-0.2, -0.15) is 4.98 Å². The van der Waals surface area contributed by atoms with Crippen LogP contribution in [0.3, 0.4) is 0 Å². The molecule has 0 saturated carbocycles. The molecule has 0 bridgehead atoms. The van der Waals surface area contributed by atoms with Gasteiger partial charge in [-0.15, -0.1) is 0 Å². The molecule has 1 fully saturated rings. The summed E-state index contributed by atoms with van der Waals surface area (Å²) in [5, 5.41) is 7.55. The Bertz CT molecular complexity index is 489. The maximum atomic E-state index is 5.32. The molecule has 94 valence electrons. The van der Waals surface area contributed by atoms with Crippen molar-refractivity contribution in [2.75, 3.05) is 6.54 Å². The number of nitrogens with zero attached hydrogens (tertiary/aromatic N) is 3. The minimum absolute atomic E-state index is 0.229. The molecule has 2 aromatic rings. The molecule has 1 atom stereocenters. The molecule has 5 heteroatoms. The molecule has 2 aromatic heterocycles. The van der Waals surface area contributed by atoms with Gasteiger partial charge in [0.2, 0.25) is 0 Å². The van der Waals surface area contributed by atoms with E-state index in [-0.39, 0.29) is 6.04 Å². The van der Waals surface area contributed by atoms with Crippen molar-refractivity contribution >= 4 is 0 Å². The standard InChI is InChI=1S/C13H16N4O/c1-2-4-11(15-7-3-1)12-16-13(18-17-12)10-5-8-14-9-6-10/h5-6,8-9,11,15H,1-4,7H2/t11-/m0/s1. The Morgan fingerprint density at radius 1 is 1.17 bits per heavy atom. The molecule has 1 aliphatic heterocycles. The molecule has 1 aliphatic rings. The summed E-state index contributed by atoms with van der Waals surface area (Å²) in [6, 6.07) is 3.97. The highest BCUT2D eigenvalue weighted by molar-refractivity contribution is 5.51. The lowest BCUT2D eigenvalue weighted by Crippen LogP contribution is -2.21. The van der Waals surface area contributed by atoms with Gasteiger partial charge in [0.1, 0.15) is 0 Å². The minimum Gasteiger partial charge on any atom is -0.334 e. The Hall–Kier alpha value is -1.75. The fourth-order valence-electron chi connectivity index (χ4n) is 2.24. The molecule has 1 saturated heterocycles. The van der Waals surface area contributed by atoms with Crippen molar-refractivity contribution in [1.82, 2.24) is 20.4 Å². The number of nitrogens with one attached hydrogen (secondary N) is 1. The van der Waals surface area contributed by atoms with Crippen molar-refractivity contribution < 1.29 is 4.52 Å². The SMILES string of the molecule is c1cc(-c2nc([C@@H]3CCCCCN3)no2)ccn1. The van der Waals surface area contributed by atoms with Gasteiger partial charge in [-0.25, -0.2) is 0 Å². The molecular weight excluding hydrogens is 228 g/mol. The zero-order valence-corrected chi connectivity index (χ0v) is 10.2. The van der Waals surface area contributed by atoms with Crippen molar-refractivity contribution in [2.24, 2.45) is 0 Å². The zero-order chi connectivity index (χ0) is 12.2. The molecule has 3 heterocycles. The Morgan fingerprint density at radius 2 is 2.06 bits per heavy atom. The van der Waals surface area contributed by atoms with E-state index in [1.807, 2.05) is 12.1 Å². The van der Waals surface area contributed by atoms with E-state index in [4.69, 9.17) is 4.52 Å². The number of aromatic nitrogens is 3. The molecule has 0 radical (unpaired) electrons. The molecular formula is C13H16N4O. The maximum Gasteiger partial charge on any atom is 0.258 e. The van der Waals surface area contributed by atoms with E-state index in [1.165, 1.54) is 19.3 Å². The summed E-state index contributed by atoms with van der Waals surface area (Å²) in [5.74, 6) is 1.34. The van der Waals surface area contributed by atoms with Gasteiger partial charge in [0.15, 0.2) is 5.82 Å². The average molecular weight is 244 g/mol. The first kappa shape index (κ1) is 11.3. The van der Waals surface area contributed by atoms with E-state index in [2.05, 4.69) is 20.4 Å². The van der Waals surface area contributed by atoms with Crippen LogP contribution in [0.5, 0.6) is 0 Å². The van der Waals surface area contributed by atoms with Crippen LogP contribution in [0.15, 0.2) is 29.0 Å². The van der Waals surface area contributed by atoms with Crippen LogP contribution in [0, 0.1) is 0 Å². The summed E-state index contributed by atoms with van der Waals surface area (Å²) in [5.41, 5.74) is 0.914. The lowest BCUT2D eigenvalue weighted by atomic mass is 10.1. The number of rotatable bonds is 2. The van der Waals surface area contributed by atoms with Crippen molar-refractivity contribution in [2.45, 2.75) is 31.7 Å². The van der Waals surface area contributed by atoms with Gasteiger partial charge in [-0.05, 0) is 31.5 Å². The number of pyridine rings is 1. The van der Waals surface area contributed by atoms with E-state index in [0.717, 1.165) is 24.4 Å². The molecule has 0 aromatic carbocycles. The largest absolute Gasteiger partial charge is 0.334 e. The fraction of sp³-hybridized carbons (Fsp3) is 0.462. The molecule has 0 spiro atoms. The quantitative estimate of drug-likeness (QED) is 0.878. The molecule has 18 heavy (non-hydrogen) atoms. The molecule has 1 N–H and O–H groups in total. The average Bonchev–Trinajstić information content (AvgIpc) is 2.76. The summed E-state index contributed by atoms with van der Waals surface area (Å²) in [4.78, 5) is 8.46. The predicted octanol–water partition coefficient (Wildman–Crippen LogP) is 2.34. The van der Waals surface area contributed by atoms with Crippen molar-refractivity contribution in [3.05, 3.63) is 30.4 Å². The van der Waals surface area contributed by atoms with E-state index in [0.29, 0.717) is 5.89 Å². The van der Waals surface area contributed by atoms with Gasteiger partial charge in [-0.1, -0.05) is 18.0 Å². The predicted molar refractivity (Wildman–Crippen MR) is 66.7 cm³/mol. The van der Waals surface area contributed by atoms with Crippen LogP contribution >= 0.6 is 0 Å². The third-order valence-electron chi connectivity index (χ3n) is 3.24. The fourth-order valence-corrected chi connectivity index (χ4v) is 2.24.